The number of hydrogen-bond donors (Lipinski definition) is 1. The summed E-state index contributed by atoms with van der Waals surface area (Å²) in [5.41, 5.74) is 5.06. The SMILES string of the molecule is CC(C)(C)c1cc(-c2ccccc2)cc(-c2ccccc2)c1O. The summed E-state index contributed by atoms with van der Waals surface area (Å²) in [6.07, 6.45) is 0. The Labute approximate surface area is 138 Å². The molecule has 0 unspecified atom stereocenters. The molecule has 1 heteroatoms. The lowest BCUT2D eigenvalue weighted by molar-refractivity contribution is 0.449. The summed E-state index contributed by atoms with van der Waals surface area (Å²) < 4.78 is 0. The molecule has 0 aliphatic rings. The van der Waals surface area contributed by atoms with Gasteiger partial charge in [-0.25, -0.2) is 0 Å². The topological polar surface area (TPSA) is 20.2 Å². The van der Waals surface area contributed by atoms with Crippen LogP contribution in [0.4, 0.5) is 0 Å². The second kappa shape index (κ2) is 5.92. The zero-order valence-electron chi connectivity index (χ0n) is 13.9. The van der Waals surface area contributed by atoms with Gasteiger partial charge in [-0.3, -0.25) is 0 Å². The van der Waals surface area contributed by atoms with E-state index in [4.69, 9.17) is 0 Å². The van der Waals surface area contributed by atoms with Gasteiger partial charge in [0.05, 0.1) is 0 Å². The minimum absolute atomic E-state index is 0.127. The van der Waals surface area contributed by atoms with Crippen LogP contribution >= 0.6 is 0 Å². The molecule has 0 aliphatic carbocycles. The van der Waals surface area contributed by atoms with E-state index in [9.17, 15) is 5.11 Å². The fraction of sp³-hybridized carbons (Fsp3) is 0.182. The molecule has 0 spiro atoms. The molecule has 0 aromatic heterocycles. The van der Waals surface area contributed by atoms with Crippen LogP contribution in [0.2, 0.25) is 0 Å². The predicted octanol–water partition coefficient (Wildman–Crippen LogP) is 6.02. The first-order valence-corrected chi connectivity index (χ1v) is 7.95. The summed E-state index contributed by atoms with van der Waals surface area (Å²) in [5.74, 6) is 0.378. The summed E-state index contributed by atoms with van der Waals surface area (Å²) in [5, 5.41) is 10.8. The van der Waals surface area contributed by atoms with Crippen LogP contribution < -0.4 is 0 Å². The van der Waals surface area contributed by atoms with Gasteiger partial charge in [0.2, 0.25) is 0 Å². The van der Waals surface area contributed by atoms with E-state index in [1.165, 1.54) is 0 Å². The van der Waals surface area contributed by atoms with Crippen LogP contribution in [-0.4, -0.2) is 5.11 Å². The Bertz CT molecular complexity index is 797. The van der Waals surface area contributed by atoms with Crippen LogP contribution in [0.5, 0.6) is 5.75 Å². The average Bonchev–Trinajstić information content (AvgIpc) is 2.55. The van der Waals surface area contributed by atoms with Gasteiger partial charge in [0, 0.05) is 11.1 Å². The molecule has 0 radical (unpaired) electrons. The second-order valence-corrected chi connectivity index (χ2v) is 6.90. The van der Waals surface area contributed by atoms with Crippen LogP contribution in [0, 0.1) is 0 Å². The van der Waals surface area contributed by atoms with E-state index in [1.54, 1.807) is 0 Å². The Hall–Kier alpha value is -2.54. The molecule has 23 heavy (non-hydrogen) atoms. The van der Waals surface area contributed by atoms with Crippen LogP contribution in [0.15, 0.2) is 72.8 Å². The van der Waals surface area contributed by atoms with Crippen molar-refractivity contribution in [2.75, 3.05) is 0 Å². The molecule has 0 saturated heterocycles. The third-order valence-electron chi connectivity index (χ3n) is 4.11. The van der Waals surface area contributed by atoms with Gasteiger partial charge in [0.1, 0.15) is 5.75 Å². The monoisotopic (exact) mass is 302 g/mol. The van der Waals surface area contributed by atoms with Crippen LogP contribution in [0.1, 0.15) is 26.3 Å². The fourth-order valence-corrected chi connectivity index (χ4v) is 2.84. The van der Waals surface area contributed by atoms with Gasteiger partial charge in [-0.2, -0.15) is 0 Å². The van der Waals surface area contributed by atoms with Gasteiger partial charge in [-0.1, -0.05) is 81.4 Å². The van der Waals surface area contributed by atoms with Crippen molar-refractivity contribution >= 4 is 0 Å². The number of phenols is 1. The van der Waals surface area contributed by atoms with Crippen molar-refractivity contribution in [3.63, 3.8) is 0 Å². The molecular weight excluding hydrogens is 280 g/mol. The van der Waals surface area contributed by atoms with Crippen LogP contribution in [-0.2, 0) is 5.41 Å². The van der Waals surface area contributed by atoms with Gasteiger partial charge >= 0.3 is 0 Å². The maximum atomic E-state index is 10.8. The second-order valence-electron chi connectivity index (χ2n) is 6.90. The Kier molecular flexibility index (Phi) is 3.96. The summed E-state index contributed by atoms with van der Waals surface area (Å²) in [4.78, 5) is 0. The van der Waals surface area contributed by atoms with Crippen molar-refractivity contribution in [2.24, 2.45) is 0 Å². The van der Waals surface area contributed by atoms with Gasteiger partial charge in [0.25, 0.3) is 0 Å². The molecule has 0 aliphatic heterocycles. The molecule has 0 amide bonds. The highest BCUT2D eigenvalue weighted by Crippen LogP contribution is 2.41. The van der Waals surface area contributed by atoms with E-state index >= 15 is 0 Å². The molecule has 0 saturated carbocycles. The Morgan fingerprint density at radius 1 is 0.652 bits per heavy atom. The minimum atomic E-state index is -0.127. The highest BCUT2D eigenvalue weighted by molar-refractivity contribution is 5.79. The molecule has 0 bridgehead atoms. The largest absolute Gasteiger partial charge is 0.507 e. The maximum absolute atomic E-state index is 10.8. The van der Waals surface area contributed by atoms with Gasteiger partial charge < -0.3 is 5.11 Å². The van der Waals surface area contributed by atoms with E-state index in [0.717, 1.165) is 27.8 Å². The van der Waals surface area contributed by atoms with Gasteiger partial charge in [-0.15, -0.1) is 0 Å². The quantitative estimate of drug-likeness (QED) is 0.613. The third kappa shape index (κ3) is 3.14. The number of rotatable bonds is 2. The number of benzene rings is 3. The highest BCUT2D eigenvalue weighted by Gasteiger charge is 2.22. The lowest BCUT2D eigenvalue weighted by atomic mass is 9.82. The van der Waals surface area contributed by atoms with E-state index < -0.39 is 0 Å². The first kappa shape index (κ1) is 15.4. The number of phenolic OH excluding ortho intramolecular Hbond substituents is 1. The van der Waals surface area contributed by atoms with Crippen molar-refractivity contribution in [2.45, 2.75) is 26.2 Å². The predicted molar refractivity (Wildman–Crippen MR) is 97.7 cm³/mol. The lowest BCUT2D eigenvalue weighted by Crippen LogP contribution is -2.12. The standard InChI is InChI=1S/C22H22O/c1-22(2,3)20-15-18(16-10-6-4-7-11-16)14-19(21(20)23)17-12-8-5-9-13-17/h4-15,23H,1-3H3. The molecule has 3 rings (SSSR count). The molecule has 116 valence electrons. The highest BCUT2D eigenvalue weighted by atomic mass is 16.3. The first-order chi connectivity index (χ1) is 11.0. The normalized spacial score (nSPS) is 11.4. The maximum Gasteiger partial charge on any atom is 0.127 e. The molecule has 1 nitrogen and oxygen atoms in total. The smallest absolute Gasteiger partial charge is 0.127 e. The Balaban J connectivity index is 2.27. The summed E-state index contributed by atoms with van der Waals surface area (Å²) in [6, 6.07) is 24.6. The fourth-order valence-electron chi connectivity index (χ4n) is 2.84. The van der Waals surface area contributed by atoms with Crippen molar-refractivity contribution < 1.29 is 5.11 Å². The summed E-state index contributed by atoms with van der Waals surface area (Å²) >= 11 is 0. The summed E-state index contributed by atoms with van der Waals surface area (Å²) in [6.45, 7) is 6.39. The number of hydrogen-bond acceptors (Lipinski definition) is 1. The van der Waals surface area contributed by atoms with Crippen LogP contribution in [0.3, 0.4) is 0 Å². The zero-order valence-corrected chi connectivity index (χ0v) is 13.9. The van der Waals surface area contributed by atoms with E-state index in [1.807, 2.05) is 48.5 Å². The molecule has 0 heterocycles. The third-order valence-corrected chi connectivity index (χ3v) is 4.11. The average molecular weight is 302 g/mol. The number of aromatic hydroxyl groups is 1. The van der Waals surface area contributed by atoms with Crippen molar-refractivity contribution in [1.29, 1.82) is 0 Å². The molecule has 0 atom stereocenters. The van der Waals surface area contributed by atoms with E-state index in [0.29, 0.717) is 5.75 Å². The van der Waals surface area contributed by atoms with Gasteiger partial charge in [0.15, 0.2) is 0 Å². The van der Waals surface area contributed by atoms with E-state index in [-0.39, 0.29) is 5.41 Å². The lowest BCUT2D eigenvalue weighted by Gasteiger charge is -2.23. The van der Waals surface area contributed by atoms with Crippen molar-refractivity contribution in [3.05, 3.63) is 78.4 Å². The molecule has 3 aromatic carbocycles. The first-order valence-electron chi connectivity index (χ1n) is 7.95. The van der Waals surface area contributed by atoms with E-state index in [2.05, 4.69) is 45.0 Å². The Morgan fingerprint density at radius 3 is 1.70 bits per heavy atom. The Morgan fingerprint density at radius 2 is 1.17 bits per heavy atom. The molecule has 0 fully saturated rings. The van der Waals surface area contributed by atoms with Gasteiger partial charge in [-0.05, 0) is 34.2 Å². The van der Waals surface area contributed by atoms with Crippen molar-refractivity contribution in [3.8, 4) is 28.0 Å². The van der Waals surface area contributed by atoms with Crippen molar-refractivity contribution in [1.82, 2.24) is 0 Å². The molecular formula is C22H22O. The zero-order chi connectivity index (χ0) is 16.4. The summed E-state index contributed by atoms with van der Waals surface area (Å²) in [7, 11) is 0. The van der Waals surface area contributed by atoms with Crippen LogP contribution in [0.25, 0.3) is 22.3 Å². The molecule has 3 aromatic rings. The minimum Gasteiger partial charge on any atom is -0.507 e. The molecule has 1 N–H and O–H groups in total.